The zero-order valence-corrected chi connectivity index (χ0v) is 4.42. The number of nitriles is 1. The number of ether oxygens (including phenoxy) is 1. The van der Waals surface area contributed by atoms with E-state index >= 15 is 0 Å². The highest BCUT2D eigenvalue weighted by Gasteiger charge is 2.05. The van der Waals surface area contributed by atoms with Crippen LogP contribution in [0, 0.1) is 23.3 Å². The summed E-state index contributed by atoms with van der Waals surface area (Å²) < 4.78 is 4.93. The first kappa shape index (κ1) is 5.33. The van der Waals surface area contributed by atoms with Gasteiger partial charge in [0.25, 0.3) is 0 Å². The fraction of sp³-hybridized carbons (Fsp3) is 0.500. The minimum atomic E-state index is -0.135. The van der Waals surface area contributed by atoms with E-state index in [2.05, 4.69) is 6.08 Å². The maximum Gasteiger partial charge on any atom is 0.0947 e. The van der Waals surface area contributed by atoms with E-state index in [1.807, 2.05) is 6.07 Å². The molecule has 0 N–H and O–H groups in total. The second-order valence-corrected chi connectivity index (χ2v) is 1.59. The van der Waals surface area contributed by atoms with E-state index in [-0.39, 0.29) is 5.92 Å². The van der Waals surface area contributed by atoms with Crippen LogP contribution in [0.4, 0.5) is 0 Å². The van der Waals surface area contributed by atoms with E-state index in [4.69, 9.17) is 10.00 Å². The predicted octanol–water partition coefficient (Wildman–Crippen LogP) is 0.516. The molecule has 0 aromatic rings. The molecule has 1 rings (SSSR count). The molecule has 1 atom stereocenters. The number of hydrogen-bond donors (Lipinski definition) is 0. The second-order valence-electron chi connectivity index (χ2n) is 1.59. The predicted molar refractivity (Wildman–Crippen MR) is 27.7 cm³/mol. The average Bonchev–Trinajstić information content (AvgIpc) is 1.90. The molecule has 0 aliphatic carbocycles. The third-order valence-electron chi connectivity index (χ3n) is 0.961. The lowest BCUT2D eigenvalue weighted by molar-refractivity contribution is 0.138. The molecule has 8 heavy (non-hydrogen) atoms. The van der Waals surface area contributed by atoms with Crippen LogP contribution in [0.1, 0.15) is 0 Å². The van der Waals surface area contributed by atoms with Gasteiger partial charge in [0.15, 0.2) is 0 Å². The van der Waals surface area contributed by atoms with Crippen molar-refractivity contribution in [2.24, 2.45) is 5.92 Å². The standard InChI is InChI=1S/C6H6NO/c7-4-6-2-1-3-8-5-6/h1,6H,3,5H2. The molecule has 1 aliphatic rings. The van der Waals surface area contributed by atoms with E-state index in [1.165, 1.54) is 0 Å². The Morgan fingerprint density at radius 3 is 3.12 bits per heavy atom. The molecule has 0 fully saturated rings. The van der Waals surface area contributed by atoms with Gasteiger partial charge in [0.1, 0.15) is 0 Å². The Morgan fingerprint density at radius 2 is 2.75 bits per heavy atom. The topological polar surface area (TPSA) is 33.0 Å². The molecule has 0 aromatic heterocycles. The third kappa shape index (κ3) is 1.08. The van der Waals surface area contributed by atoms with Gasteiger partial charge in [0.2, 0.25) is 0 Å². The van der Waals surface area contributed by atoms with Crippen LogP contribution in [-0.4, -0.2) is 13.2 Å². The van der Waals surface area contributed by atoms with Crippen LogP contribution in [0.3, 0.4) is 0 Å². The fourth-order valence-corrected chi connectivity index (χ4v) is 0.558. The summed E-state index contributed by atoms with van der Waals surface area (Å²) in [5.74, 6) is -0.135. The van der Waals surface area contributed by atoms with Gasteiger partial charge in [-0.3, -0.25) is 0 Å². The molecule has 2 nitrogen and oxygen atoms in total. The largest absolute Gasteiger partial charge is 0.376 e. The SMILES string of the molecule is N#CC1[C]=CCOC1. The Kier molecular flexibility index (Phi) is 1.66. The molecule has 0 saturated heterocycles. The molecule has 2 heteroatoms. The summed E-state index contributed by atoms with van der Waals surface area (Å²) in [7, 11) is 0. The van der Waals surface area contributed by atoms with E-state index in [0.717, 1.165) is 0 Å². The fourth-order valence-electron chi connectivity index (χ4n) is 0.558. The van der Waals surface area contributed by atoms with Gasteiger partial charge >= 0.3 is 0 Å². The Hall–Kier alpha value is -0.810. The van der Waals surface area contributed by atoms with Crippen LogP contribution in [0.5, 0.6) is 0 Å². The van der Waals surface area contributed by atoms with E-state index in [1.54, 1.807) is 6.08 Å². The molecule has 0 amide bonds. The normalized spacial score (nSPS) is 27.1. The van der Waals surface area contributed by atoms with Crippen molar-refractivity contribution >= 4 is 0 Å². The van der Waals surface area contributed by atoms with Gasteiger partial charge in [-0.2, -0.15) is 5.26 Å². The lowest BCUT2D eigenvalue weighted by atomic mass is 10.1. The minimum absolute atomic E-state index is 0.135. The summed E-state index contributed by atoms with van der Waals surface area (Å²) in [5.41, 5.74) is 0. The average molecular weight is 108 g/mol. The van der Waals surface area contributed by atoms with Crippen LogP contribution in [0.2, 0.25) is 0 Å². The zero-order chi connectivity index (χ0) is 5.82. The lowest BCUT2D eigenvalue weighted by Crippen LogP contribution is -2.10. The van der Waals surface area contributed by atoms with Gasteiger partial charge < -0.3 is 4.74 Å². The van der Waals surface area contributed by atoms with Crippen LogP contribution < -0.4 is 0 Å². The van der Waals surface area contributed by atoms with Crippen molar-refractivity contribution in [1.82, 2.24) is 0 Å². The van der Waals surface area contributed by atoms with Crippen molar-refractivity contribution in [3.05, 3.63) is 12.2 Å². The molecule has 1 heterocycles. The molecule has 1 radical (unpaired) electrons. The second kappa shape index (κ2) is 2.49. The van der Waals surface area contributed by atoms with Gasteiger partial charge in [-0.15, -0.1) is 0 Å². The summed E-state index contributed by atoms with van der Waals surface area (Å²) in [6, 6.07) is 2.04. The van der Waals surface area contributed by atoms with Crippen LogP contribution in [-0.2, 0) is 4.74 Å². The van der Waals surface area contributed by atoms with Crippen LogP contribution >= 0.6 is 0 Å². The Balaban J connectivity index is 2.46. The van der Waals surface area contributed by atoms with Gasteiger partial charge in [0, 0.05) is 0 Å². The van der Waals surface area contributed by atoms with E-state index in [0.29, 0.717) is 13.2 Å². The van der Waals surface area contributed by atoms with Gasteiger partial charge in [-0.05, 0) is 6.08 Å². The molecular formula is C6H6NO. The molecule has 1 unspecified atom stereocenters. The smallest absolute Gasteiger partial charge is 0.0947 e. The van der Waals surface area contributed by atoms with Crippen molar-refractivity contribution in [1.29, 1.82) is 5.26 Å². The Bertz CT molecular complexity index is 134. The highest BCUT2D eigenvalue weighted by molar-refractivity contribution is 4.96. The number of nitrogens with zero attached hydrogens (tertiary/aromatic N) is 1. The quantitative estimate of drug-likeness (QED) is 0.453. The molecule has 1 aliphatic heterocycles. The summed E-state index contributed by atoms with van der Waals surface area (Å²) in [5, 5.41) is 8.28. The van der Waals surface area contributed by atoms with Crippen molar-refractivity contribution in [3.8, 4) is 6.07 Å². The van der Waals surface area contributed by atoms with Crippen molar-refractivity contribution in [3.63, 3.8) is 0 Å². The van der Waals surface area contributed by atoms with E-state index < -0.39 is 0 Å². The monoisotopic (exact) mass is 108 g/mol. The van der Waals surface area contributed by atoms with Gasteiger partial charge in [-0.1, -0.05) is 6.08 Å². The first-order chi connectivity index (χ1) is 3.93. The maximum absolute atomic E-state index is 8.28. The molecule has 0 spiro atoms. The molecule has 41 valence electrons. The van der Waals surface area contributed by atoms with Crippen molar-refractivity contribution in [2.75, 3.05) is 13.2 Å². The van der Waals surface area contributed by atoms with Crippen LogP contribution in [0.25, 0.3) is 0 Å². The maximum atomic E-state index is 8.28. The first-order valence-corrected chi connectivity index (χ1v) is 2.48. The molecule has 0 bridgehead atoms. The van der Waals surface area contributed by atoms with Crippen LogP contribution in [0.15, 0.2) is 6.08 Å². The Labute approximate surface area is 48.4 Å². The van der Waals surface area contributed by atoms with Gasteiger partial charge in [0.05, 0.1) is 25.2 Å². The Morgan fingerprint density at radius 1 is 1.88 bits per heavy atom. The highest BCUT2D eigenvalue weighted by Crippen LogP contribution is 2.01. The zero-order valence-electron chi connectivity index (χ0n) is 4.42. The van der Waals surface area contributed by atoms with Gasteiger partial charge in [-0.25, -0.2) is 0 Å². The highest BCUT2D eigenvalue weighted by atomic mass is 16.5. The summed E-state index contributed by atoms with van der Waals surface area (Å²) in [6.45, 7) is 1.12. The number of hydrogen-bond acceptors (Lipinski definition) is 2. The van der Waals surface area contributed by atoms with Crippen molar-refractivity contribution in [2.45, 2.75) is 0 Å². The molecule has 0 aromatic carbocycles. The summed E-state index contributed by atoms with van der Waals surface area (Å²) in [6.07, 6.45) is 4.61. The molecule has 0 saturated carbocycles. The third-order valence-corrected chi connectivity index (χ3v) is 0.961. The van der Waals surface area contributed by atoms with Crippen molar-refractivity contribution < 1.29 is 4.74 Å². The molecular weight excluding hydrogens is 102 g/mol. The minimum Gasteiger partial charge on any atom is -0.376 e. The number of rotatable bonds is 0. The first-order valence-electron chi connectivity index (χ1n) is 2.48. The summed E-state index contributed by atoms with van der Waals surface area (Å²) >= 11 is 0. The lowest BCUT2D eigenvalue weighted by Gasteiger charge is -2.07. The van der Waals surface area contributed by atoms with E-state index in [9.17, 15) is 0 Å². The summed E-state index contributed by atoms with van der Waals surface area (Å²) in [4.78, 5) is 0.